The first-order valence-electron chi connectivity index (χ1n) is 6.20. The normalized spacial score (nSPS) is 19.7. The van der Waals surface area contributed by atoms with Crippen LogP contribution < -0.4 is 0 Å². The standard InChI is InChI=1S/C13H19N3S2/c1-10-11(2)18-12(15-10)8-16-6-4-13(9-14,17-3)5-7-16/h4-8H2,1-3H3. The molecule has 0 spiro atoms. The second kappa shape index (κ2) is 5.60. The van der Waals surface area contributed by atoms with Gasteiger partial charge in [-0.15, -0.1) is 23.1 Å². The number of aromatic nitrogens is 1. The third-order valence-corrected chi connectivity index (χ3v) is 6.03. The second-order valence-electron chi connectivity index (χ2n) is 4.84. The van der Waals surface area contributed by atoms with Crippen molar-refractivity contribution in [3.05, 3.63) is 15.6 Å². The topological polar surface area (TPSA) is 39.9 Å². The summed E-state index contributed by atoms with van der Waals surface area (Å²) in [7, 11) is 0. The maximum atomic E-state index is 9.26. The molecule has 1 aromatic heterocycles. The van der Waals surface area contributed by atoms with E-state index < -0.39 is 0 Å². The molecule has 1 aliphatic heterocycles. The van der Waals surface area contributed by atoms with Gasteiger partial charge in [0, 0.05) is 18.0 Å². The first-order valence-corrected chi connectivity index (χ1v) is 8.24. The van der Waals surface area contributed by atoms with E-state index in [-0.39, 0.29) is 4.75 Å². The number of piperidine rings is 1. The molecule has 0 unspecified atom stereocenters. The number of thiazole rings is 1. The average molecular weight is 281 g/mol. The van der Waals surface area contributed by atoms with Gasteiger partial charge in [0.2, 0.25) is 0 Å². The van der Waals surface area contributed by atoms with E-state index in [1.807, 2.05) is 6.26 Å². The predicted octanol–water partition coefficient (Wildman–Crippen LogP) is 2.98. The maximum Gasteiger partial charge on any atom is 0.107 e. The zero-order valence-electron chi connectivity index (χ0n) is 11.2. The van der Waals surface area contributed by atoms with E-state index in [0.29, 0.717) is 0 Å². The molecule has 0 aromatic carbocycles. The van der Waals surface area contributed by atoms with Crippen molar-refractivity contribution in [2.75, 3.05) is 19.3 Å². The van der Waals surface area contributed by atoms with Crippen molar-refractivity contribution >= 4 is 23.1 Å². The second-order valence-corrected chi connectivity index (χ2v) is 7.31. The SMILES string of the molecule is CSC1(C#N)CCN(Cc2nc(C)c(C)s2)CC1. The average Bonchev–Trinajstić information content (AvgIpc) is 2.70. The lowest BCUT2D eigenvalue weighted by Gasteiger charge is -2.35. The zero-order chi connectivity index (χ0) is 13.2. The number of thioether (sulfide) groups is 1. The fraction of sp³-hybridized carbons (Fsp3) is 0.692. The Morgan fingerprint density at radius 3 is 2.56 bits per heavy atom. The van der Waals surface area contributed by atoms with Crippen molar-refractivity contribution in [1.82, 2.24) is 9.88 Å². The van der Waals surface area contributed by atoms with Gasteiger partial charge < -0.3 is 0 Å². The number of nitrogens with zero attached hydrogens (tertiary/aromatic N) is 3. The summed E-state index contributed by atoms with van der Waals surface area (Å²) >= 11 is 3.50. The molecule has 0 amide bonds. The van der Waals surface area contributed by atoms with Crippen molar-refractivity contribution in [1.29, 1.82) is 5.26 Å². The highest BCUT2D eigenvalue weighted by Gasteiger charge is 2.33. The summed E-state index contributed by atoms with van der Waals surface area (Å²) in [4.78, 5) is 8.32. The summed E-state index contributed by atoms with van der Waals surface area (Å²) in [6, 6.07) is 2.49. The van der Waals surface area contributed by atoms with Gasteiger partial charge in [-0.25, -0.2) is 4.98 Å². The van der Waals surface area contributed by atoms with E-state index in [0.717, 1.165) is 38.2 Å². The summed E-state index contributed by atoms with van der Waals surface area (Å²) in [5, 5.41) is 10.5. The molecule has 1 aromatic rings. The van der Waals surface area contributed by atoms with Gasteiger partial charge in [0.1, 0.15) is 9.75 Å². The van der Waals surface area contributed by atoms with Gasteiger partial charge >= 0.3 is 0 Å². The lowest BCUT2D eigenvalue weighted by molar-refractivity contribution is 0.209. The fourth-order valence-electron chi connectivity index (χ4n) is 2.23. The van der Waals surface area contributed by atoms with Crippen molar-refractivity contribution in [2.45, 2.75) is 38.0 Å². The molecule has 2 rings (SSSR count). The van der Waals surface area contributed by atoms with Crippen LogP contribution in [0.3, 0.4) is 0 Å². The Labute approximate surface area is 117 Å². The number of rotatable bonds is 3. The van der Waals surface area contributed by atoms with Gasteiger partial charge in [0.15, 0.2) is 0 Å². The van der Waals surface area contributed by atoms with Crippen LogP contribution in [-0.2, 0) is 6.54 Å². The molecule has 1 fully saturated rings. The van der Waals surface area contributed by atoms with E-state index in [1.54, 1.807) is 23.1 Å². The van der Waals surface area contributed by atoms with Crippen LogP contribution in [0.1, 0.15) is 28.4 Å². The van der Waals surface area contributed by atoms with E-state index in [9.17, 15) is 5.26 Å². The van der Waals surface area contributed by atoms with Gasteiger partial charge in [0.25, 0.3) is 0 Å². The molecule has 2 heterocycles. The molecule has 0 aliphatic carbocycles. The van der Waals surface area contributed by atoms with E-state index in [1.165, 1.54) is 9.88 Å². The number of hydrogen-bond acceptors (Lipinski definition) is 5. The maximum absolute atomic E-state index is 9.26. The van der Waals surface area contributed by atoms with Crippen molar-refractivity contribution < 1.29 is 0 Å². The van der Waals surface area contributed by atoms with Crippen LogP contribution >= 0.6 is 23.1 Å². The van der Waals surface area contributed by atoms with E-state index in [4.69, 9.17) is 0 Å². The molecule has 18 heavy (non-hydrogen) atoms. The molecule has 0 bridgehead atoms. The highest BCUT2D eigenvalue weighted by Crippen LogP contribution is 2.34. The molecule has 0 saturated carbocycles. The predicted molar refractivity (Wildman–Crippen MR) is 78.0 cm³/mol. The Kier molecular flexibility index (Phi) is 4.31. The third kappa shape index (κ3) is 2.87. The van der Waals surface area contributed by atoms with Gasteiger partial charge in [-0.3, -0.25) is 4.90 Å². The minimum atomic E-state index is -0.148. The zero-order valence-corrected chi connectivity index (χ0v) is 12.8. The molecular weight excluding hydrogens is 262 g/mol. The fourth-order valence-corrected chi connectivity index (χ4v) is 3.89. The smallest absolute Gasteiger partial charge is 0.107 e. The van der Waals surface area contributed by atoms with Crippen LogP contribution in [0.15, 0.2) is 0 Å². The van der Waals surface area contributed by atoms with Crippen molar-refractivity contribution in [3.63, 3.8) is 0 Å². The summed E-state index contributed by atoms with van der Waals surface area (Å²) in [5.74, 6) is 0. The Morgan fingerprint density at radius 1 is 1.44 bits per heavy atom. The third-order valence-electron chi connectivity index (χ3n) is 3.69. The number of likely N-dealkylation sites (tertiary alicyclic amines) is 1. The first kappa shape index (κ1) is 13.9. The molecule has 1 aliphatic rings. The summed E-state index contributed by atoms with van der Waals surface area (Å²) < 4.78 is -0.148. The quantitative estimate of drug-likeness (QED) is 0.854. The van der Waals surface area contributed by atoms with Crippen LogP contribution in [-0.4, -0.2) is 34.0 Å². The van der Waals surface area contributed by atoms with E-state index in [2.05, 4.69) is 29.8 Å². The van der Waals surface area contributed by atoms with Crippen LogP contribution in [0.25, 0.3) is 0 Å². The summed E-state index contributed by atoms with van der Waals surface area (Å²) in [5.41, 5.74) is 1.16. The molecule has 1 saturated heterocycles. The Bertz CT molecular complexity index is 434. The monoisotopic (exact) mass is 281 g/mol. The highest BCUT2D eigenvalue weighted by molar-refractivity contribution is 8.00. The lowest BCUT2D eigenvalue weighted by Crippen LogP contribution is -2.41. The van der Waals surface area contributed by atoms with Gasteiger partial charge in [-0.05, 0) is 32.9 Å². The molecule has 3 nitrogen and oxygen atoms in total. The van der Waals surface area contributed by atoms with Crippen LogP contribution in [0.2, 0.25) is 0 Å². The first-order chi connectivity index (χ1) is 8.58. The molecular formula is C13H19N3S2. The Balaban J connectivity index is 1.93. The van der Waals surface area contributed by atoms with Crippen LogP contribution in [0.5, 0.6) is 0 Å². The molecule has 0 atom stereocenters. The van der Waals surface area contributed by atoms with E-state index >= 15 is 0 Å². The molecule has 0 radical (unpaired) electrons. The molecule has 0 N–H and O–H groups in total. The molecule has 5 heteroatoms. The van der Waals surface area contributed by atoms with Gasteiger partial charge in [0.05, 0.1) is 18.3 Å². The Hall–Kier alpha value is -0.570. The lowest BCUT2D eigenvalue weighted by atomic mass is 9.97. The van der Waals surface area contributed by atoms with Crippen molar-refractivity contribution in [3.8, 4) is 6.07 Å². The van der Waals surface area contributed by atoms with Crippen molar-refractivity contribution in [2.24, 2.45) is 0 Å². The summed E-state index contributed by atoms with van der Waals surface area (Å²) in [6.07, 6.45) is 3.98. The largest absolute Gasteiger partial charge is 0.296 e. The van der Waals surface area contributed by atoms with Crippen LogP contribution in [0.4, 0.5) is 0 Å². The van der Waals surface area contributed by atoms with Gasteiger partial charge in [-0.2, -0.15) is 5.26 Å². The minimum absolute atomic E-state index is 0.148. The number of hydrogen-bond donors (Lipinski definition) is 0. The number of aryl methyl sites for hydroxylation is 2. The highest BCUT2D eigenvalue weighted by atomic mass is 32.2. The molecule has 98 valence electrons. The van der Waals surface area contributed by atoms with Gasteiger partial charge in [-0.1, -0.05) is 0 Å². The number of nitriles is 1. The van der Waals surface area contributed by atoms with Crippen LogP contribution in [0, 0.1) is 25.2 Å². The summed E-state index contributed by atoms with van der Waals surface area (Å²) in [6.45, 7) is 7.15. The minimum Gasteiger partial charge on any atom is -0.296 e. The Morgan fingerprint density at radius 2 is 2.11 bits per heavy atom.